The molecular formula is C13H23F3N4O. The Morgan fingerprint density at radius 2 is 2.10 bits per heavy atom. The Morgan fingerprint density at radius 3 is 2.62 bits per heavy atom. The maximum absolute atomic E-state index is 12.2. The molecule has 1 aliphatic carbocycles. The zero-order chi connectivity index (χ0) is 15.6. The summed E-state index contributed by atoms with van der Waals surface area (Å²) in [6.45, 7) is 2.45. The van der Waals surface area contributed by atoms with Crippen LogP contribution in [0.1, 0.15) is 26.2 Å². The molecule has 2 aliphatic rings. The maximum atomic E-state index is 12.2. The molecule has 5 nitrogen and oxygen atoms in total. The van der Waals surface area contributed by atoms with Crippen molar-refractivity contribution in [2.45, 2.75) is 56.6 Å². The molecule has 0 amide bonds. The molecule has 1 aliphatic heterocycles. The first-order valence-corrected chi connectivity index (χ1v) is 7.29. The average Bonchev–Trinajstić information content (AvgIpc) is 3.17. The lowest BCUT2D eigenvalue weighted by Crippen LogP contribution is -2.48. The van der Waals surface area contributed by atoms with Crippen LogP contribution >= 0.6 is 0 Å². The van der Waals surface area contributed by atoms with E-state index in [-0.39, 0.29) is 6.04 Å². The van der Waals surface area contributed by atoms with Crippen LogP contribution in [0.4, 0.5) is 13.2 Å². The lowest BCUT2D eigenvalue weighted by Gasteiger charge is -2.21. The van der Waals surface area contributed by atoms with Gasteiger partial charge in [-0.3, -0.25) is 9.89 Å². The zero-order valence-corrected chi connectivity index (χ0v) is 12.3. The summed E-state index contributed by atoms with van der Waals surface area (Å²) in [5.41, 5.74) is 0. The van der Waals surface area contributed by atoms with Gasteiger partial charge in [0.25, 0.3) is 0 Å². The fourth-order valence-corrected chi connectivity index (χ4v) is 2.77. The molecule has 2 fully saturated rings. The van der Waals surface area contributed by atoms with Gasteiger partial charge in [0.2, 0.25) is 0 Å². The minimum atomic E-state index is -4.61. The number of rotatable bonds is 4. The highest BCUT2D eigenvalue weighted by Crippen LogP contribution is 2.33. The summed E-state index contributed by atoms with van der Waals surface area (Å²) in [6, 6.07) is 1.33. The van der Waals surface area contributed by atoms with E-state index in [9.17, 15) is 13.2 Å². The van der Waals surface area contributed by atoms with Crippen molar-refractivity contribution in [3.63, 3.8) is 0 Å². The second kappa shape index (κ2) is 6.39. The number of hydrogen-bond donors (Lipinski definition) is 3. The number of nitrogens with zero attached hydrogens (tertiary/aromatic N) is 2. The topological polar surface area (TPSA) is 59.9 Å². The van der Waals surface area contributed by atoms with Gasteiger partial charge in [-0.15, -0.1) is 0 Å². The fourth-order valence-electron chi connectivity index (χ4n) is 2.77. The number of aliphatic hydroxyl groups is 1. The largest absolute Gasteiger partial charge is 0.416 e. The molecule has 0 spiro atoms. The third-order valence-corrected chi connectivity index (χ3v) is 4.04. The van der Waals surface area contributed by atoms with Gasteiger partial charge in [-0.05, 0) is 26.2 Å². The van der Waals surface area contributed by atoms with Crippen molar-refractivity contribution < 1.29 is 18.3 Å². The first kappa shape index (κ1) is 16.4. The first-order chi connectivity index (χ1) is 9.81. The normalized spacial score (nSPS) is 29.5. The molecule has 0 radical (unpaired) electrons. The number of halogens is 3. The maximum Gasteiger partial charge on any atom is 0.416 e. The van der Waals surface area contributed by atoms with E-state index in [1.165, 1.54) is 19.9 Å². The number of alkyl halides is 3. The summed E-state index contributed by atoms with van der Waals surface area (Å²) in [4.78, 5) is 6.35. The first-order valence-electron chi connectivity index (χ1n) is 7.29. The summed E-state index contributed by atoms with van der Waals surface area (Å²) in [6.07, 6.45) is -3.58. The SMILES string of the molecule is CN=C(NCC(O)C(F)(F)F)NC1CC(C)N(C2CC2)C1. The molecule has 0 aromatic rings. The van der Waals surface area contributed by atoms with Gasteiger partial charge in [-0.1, -0.05) is 0 Å². The fraction of sp³-hybridized carbons (Fsp3) is 0.923. The minimum Gasteiger partial charge on any atom is -0.382 e. The lowest BCUT2D eigenvalue weighted by atomic mass is 10.2. The highest BCUT2D eigenvalue weighted by molar-refractivity contribution is 5.80. The van der Waals surface area contributed by atoms with Gasteiger partial charge in [0.15, 0.2) is 12.1 Å². The molecule has 0 bridgehead atoms. The van der Waals surface area contributed by atoms with E-state index >= 15 is 0 Å². The Hall–Kier alpha value is -1.02. The number of likely N-dealkylation sites (tertiary alicyclic amines) is 1. The van der Waals surface area contributed by atoms with Crippen LogP contribution in [-0.2, 0) is 0 Å². The van der Waals surface area contributed by atoms with Crippen LogP contribution in [-0.4, -0.2) is 66.5 Å². The molecule has 1 saturated heterocycles. The molecule has 1 heterocycles. The summed E-state index contributed by atoms with van der Waals surface area (Å²) in [5.74, 6) is 0.299. The Bertz CT molecular complexity index is 384. The second-order valence-corrected chi connectivity index (χ2v) is 5.86. The van der Waals surface area contributed by atoms with Crippen LogP contribution in [0.2, 0.25) is 0 Å². The highest BCUT2D eigenvalue weighted by Gasteiger charge is 2.40. The molecular weight excluding hydrogens is 285 g/mol. The third-order valence-electron chi connectivity index (χ3n) is 4.04. The molecule has 3 atom stereocenters. The summed E-state index contributed by atoms with van der Waals surface area (Å²) < 4.78 is 36.7. The van der Waals surface area contributed by atoms with Crippen molar-refractivity contribution in [2.75, 3.05) is 20.1 Å². The summed E-state index contributed by atoms with van der Waals surface area (Å²) >= 11 is 0. The van der Waals surface area contributed by atoms with Gasteiger partial charge in [0.1, 0.15) is 0 Å². The van der Waals surface area contributed by atoms with Gasteiger partial charge in [-0.2, -0.15) is 13.2 Å². The predicted octanol–water partition coefficient (Wildman–Crippen LogP) is 0.700. The number of aliphatic hydroxyl groups excluding tert-OH is 1. The Kier molecular flexibility index (Phi) is 4.98. The Morgan fingerprint density at radius 1 is 1.43 bits per heavy atom. The minimum absolute atomic E-state index is 0.176. The van der Waals surface area contributed by atoms with E-state index in [1.807, 2.05) is 0 Å². The number of hydrogen-bond acceptors (Lipinski definition) is 3. The van der Waals surface area contributed by atoms with Crippen LogP contribution in [0.3, 0.4) is 0 Å². The van der Waals surface area contributed by atoms with Crippen LogP contribution in [0, 0.1) is 0 Å². The Labute approximate surface area is 122 Å². The van der Waals surface area contributed by atoms with E-state index in [1.54, 1.807) is 0 Å². The van der Waals surface area contributed by atoms with Gasteiger partial charge >= 0.3 is 6.18 Å². The zero-order valence-electron chi connectivity index (χ0n) is 12.3. The molecule has 21 heavy (non-hydrogen) atoms. The molecule has 2 rings (SSSR count). The number of nitrogens with one attached hydrogen (secondary N) is 2. The van der Waals surface area contributed by atoms with Gasteiger partial charge in [0, 0.05) is 31.7 Å². The molecule has 8 heteroatoms. The van der Waals surface area contributed by atoms with Crippen LogP contribution in [0.5, 0.6) is 0 Å². The van der Waals surface area contributed by atoms with E-state index in [0.29, 0.717) is 18.0 Å². The van der Waals surface area contributed by atoms with Crippen LogP contribution < -0.4 is 10.6 Å². The summed E-state index contributed by atoms with van der Waals surface area (Å²) in [7, 11) is 1.51. The van der Waals surface area contributed by atoms with Crippen molar-refractivity contribution in [3.8, 4) is 0 Å². The van der Waals surface area contributed by atoms with Crippen molar-refractivity contribution in [3.05, 3.63) is 0 Å². The second-order valence-electron chi connectivity index (χ2n) is 5.86. The molecule has 3 N–H and O–H groups in total. The van der Waals surface area contributed by atoms with Crippen LogP contribution in [0.15, 0.2) is 4.99 Å². The van der Waals surface area contributed by atoms with Crippen molar-refractivity contribution in [1.82, 2.24) is 15.5 Å². The standard InChI is InChI=1S/C13H23F3N4O/c1-8-5-9(7-20(8)10-3-4-10)19-12(17-2)18-6-11(21)13(14,15)16/h8-11,21H,3-7H2,1-2H3,(H2,17,18,19). The van der Waals surface area contributed by atoms with Crippen molar-refractivity contribution >= 4 is 5.96 Å². The van der Waals surface area contributed by atoms with Gasteiger partial charge < -0.3 is 15.7 Å². The van der Waals surface area contributed by atoms with Gasteiger partial charge in [-0.25, -0.2) is 0 Å². The monoisotopic (exact) mass is 308 g/mol. The van der Waals surface area contributed by atoms with Crippen molar-refractivity contribution in [1.29, 1.82) is 0 Å². The predicted molar refractivity (Wildman–Crippen MR) is 74.2 cm³/mol. The highest BCUT2D eigenvalue weighted by atomic mass is 19.4. The molecule has 0 aromatic carbocycles. The van der Waals surface area contributed by atoms with E-state index in [2.05, 4.69) is 27.4 Å². The van der Waals surface area contributed by atoms with Crippen LogP contribution in [0.25, 0.3) is 0 Å². The van der Waals surface area contributed by atoms with E-state index < -0.39 is 18.8 Å². The summed E-state index contributed by atoms with van der Waals surface area (Å²) in [5, 5.41) is 14.6. The van der Waals surface area contributed by atoms with Crippen molar-refractivity contribution in [2.24, 2.45) is 4.99 Å². The molecule has 1 saturated carbocycles. The van der Waals surface area contributed by atoms with E-state index in [0.717, 1.165) is 13.0 Å². The number of guanidine groups is 1. The Balaban J connectivity index is 1.78. The smallest absolute Gasteiger partial charge is 0.382 e. The third kappa shape index (κ3) is 4.47. The number of aliphatic imine (C=N–C) groups is 1. The van der Waals surface area contributed by atoms with Gasteiger partial charge in [0.05, 0.1) is 6.54 Å². The average molecular weight is 308 g/mol. The molecule has 0 aromatic heterocycles. The molecule has 3 unspecified atom stereocenters. The lowest BCUT2D eigenvalue weighted by molar-refractivity contribution is -0.201. The van der Waals surface area contributed by atoms with E-state index in [4.69, 9.17) is 5.11 Å². The quantitative estimate of drug-likeness (QED) is 0.528. The molecule has 122 valence electrons.